The van der Waals surface area contributed by atoms with E-state index in [9.17, 15) is 14.7 Å². The molecule has 0 fully saturated rings. The minimum absolute atomic E-state index is 0.145. The number of hydrogen-bond donors (Lipinski definition) is 3. The first-order chi connectivity index (χ1) is 18.0. The summed E-state index contributed by atoms with van der Waals surface area (Å²) in [5.74, 6) is -2.00. The normalized spacial score (nSPS) is 15.3. The van der Waals surface area contributed by atoms with Crippen LogP contribution in [0.2, 0.25) is 0 Å². The van der Waals surface area contributed by atoms with Gasteiger partial charge in [-0.25, -0.2) is 14.6 Å². The highest BCUT2D eigenvalue weighted by Gasteiger charge is 2.39. The van der Waals surface area contributed by atoms with E-state index in [0.29, 0.717) is 22.1 Å². The fourth-order valence-corrected chi connectivity index (χ4v) is 5.04. The Morgan fingerprint density at radius 2 is 1.65 bits per heavy atom. The maximum absolute atomic E-state index is 13.2. The molecule has 1 atom stereocenters. The molecule has 0 amide bonds. The van der Waals surface area contributed by atoms with Crippen molar-refractivity contribution in [1.82, 2.24) is 10.3 Å². The number of nitrogens with one attached hydrogen (secondary N) is 2. The molecule has 3 aromatic rings. The number of aliphatic hydroxyl groups is 1. The number of hydrogen-bond acceptors (Lipinski definition) is 9. The number of ether oxygens (including phenoxy) is 2. The van der Waals surface area contributed by atoms with Crippen LogP contribution in [0.5, 0.6) is 0 Å². The average Bonchev–Trinajstić information content (AvgIpc) is 3.37. The van der Waals surface area contributed by atoms with Crippen LogP contribution >= 0.6 is 11.3 Å². The molecule has 0 saturated heterocycles. The van der Waals surface area contributed by atoms with Gasteiger partial charge in [0.2, 0.25) is 0 Å². The zero-order valence-corrected chi connectivity index (χ0v) is 21.7. The van der Waals surface area contributed by atoms with Crippen LogP contribution in [0.15, 0.2) is 82.5 Å². The molecule has 4 rings (SSSR count). The molecule has 1 unspecified atom stereocenters. The van der Waals surface area contributed by atoms with E-state index >= 15 is 0 Å². The Balaban J connectivity index is 1.81. The molecule has 1 aromatic heterocycles. The Morgan fingerprint density at radius 3 is 2.32 bits per heavy atom. The van der Waals surface area contributed by atoms with Crippen molar-refractivity contribution < 1.29 is 24.2 Å². The van der Waals surface area contributed by atoms with E-state index in [1.807, 2.05) is 60.0 Å². The quantitative estimate of drug-likeness (QED) is 0.343. The second kappa shape index (κ2) is 11.9. The average molecular weight is 520 g/mol. The molecule has 0 saturated carbocycles. The van der Waals surface area contributed by atoms with E-state index in [2.05, 4.69) is 10.6 Å². The zero-order valence-electron chi connectivity index (χ0n) is 20.9. The lowest BCUT2D eigenvalue weighted by Crippen LogP contribution is -2.34. The Kier molecular flexibility index (Phi) is 8.37. The highest BCUT2D eigenvalue weighted by molar-refractivity contribution is 7.14. The number of carbonyl (C=O) groups is 2. The van der Waals surface area contributed by atoms with Crippen LogP contribution in [0.25, 0.3) is 11.3 Å². The molecule has 37 heavy (non-hydrogen) atoms. The molecule has 2 aromatic carbocycles. The number of dihydropyridines is 1. The van der Waals surface area contributed by atoms with Gasteiger partial charge in [-0.1, -0.05) is 48.5 Å². The number of para-hydroxylation sites is 1. The van der Waals surface area contributed by atoms with Gasteiger partial charge in [-0.15, -0.1) is 11.3 Å². The first-order valence-corrected chi connectivity index (χ1v) is 12.9. The van der Waals surface area contributed by atoms with Crippen LogP contribution < -0.4 is 10.6 Å². The number of aromatic nitrogens is 1. The first-order valence-electron chi connectivity index (χ1n) is 12.0. The molecule has 0 aliphatic carbocycles. The van der Waals surface area contributed by atoms with Crippen LogP contribution in [-0.4, -0.2) is 41.8 Å². The predicted octanol–water partition coefficient (Wildman–Crippen LogP) is 4.89. The van der Waals surface area contributed by atoms with Gasteiger partial charge < -0.3 is 25.2 Å². The minimum atomic E-state index is -0.834. The summed E-state index contributed by atoms with van der Waals surface area (Å²) in [5.41, 5.74) is 4.37. The molecular formula is C28H29N3O5S. The van der Waals surface area contributed by atoms with E-state index in [4.69, 9.17) is 14.5 Å². The number of aliphatic hydroxyl groups excluding tert-OH is 1. The Labute approximate surface area is 219 Å². The standard InChI is InChI=1S/C28H29N3O5S/c1-4-35-26(33)23-17(3)29-21(15-32)25(27(34)36-5-2)24(23)19-13-9-10-14-20(19)30-28-31-22(16-37-28)18-11-7-6-8-12-18/h6-14,16,24,29,32H,4-5,15H2,1-3H3,(H,30,31). The fraction of sp³-hybridized carbons (Fsp3) is 0.250. The second-order valence-electron chi connectivity index (χ2n) is 8.20. The van der Waals surface area contributed by atoms with Crippen LogP contribution in [0.4, 0.5) is 10.8 Å². The topological polar surface area (TPSA) is 110 Å². The third kappa shape index (κ3) is 5.58. The van der Waals surface area contributed by atoms with Gasteiger partial charge in [0.25, 0.3) is 0 Å². The number of esters is 2. The number of allylic oxidation sites excluding steroid dienone is 1. The number of carbonyl (C=O) groups excluding carboxylic acids is 2. The molecule has 8 nitrogen and oxygen atoms in total. The van der Waals surface area contributed by atoms with Gasteiger partial charge in [0.05, 0.1) is 48.3 Å². The summed E-state index contributed by atoms with van der Waals surface area (Å²) in [4.78, 5) is 31.1. The minimum Gasteiger partial charge on any atom is -0.463 e. The third-order valence-electron chi connectivity index (χ3n) is 5.88. The van der Waals surface area contributed by atoms with Gasteiger partial charge >= 0.3 is 11.9 Å². The summed E-state index contributed by atoms with van der Waals surface area (Å²) in [6, 6.07) is 17.3. The van der Waals surface area contributed by atoms with Gasteiger partial charge in [0.15, 0.2) is 5.13 Å². The fourth-order valence-electron chi connectivity index (χ4n) is 4.31. The van der Waals surface area contributed by atoms with Gasteiger partial charge in [0, 0.05) is 22.3 Å². The molecule has 1 aliphatic rings. The number of nitrogens with zero attached hydrogens (tertiary/aromatic N) is 1. The van der Waals surface area contributed by atoms with E-state index in [1.165, 1.54) is 11.3 Å². The maximum Gasteiger partial charge on any atom is 0.336 e. The first kappa shape index (κ1) is 26.1. The Morgan fingerprint density at radius 1 is 1.00 bits per heavy atom. The van der Waals surface area contributed by atoms with Crippen molar-refractivity contribution in [2.45, 2.75) is 26.7 Å². The lowest BCUT2D eigenvalue weighted by molar-refractivity contribution is -0.139. The van der Waals surface area contributed by atoms with Crippen molar-refractivity contribution in [3.63, 3.8) is 0 Å². The van der Waals surface area contributed by atoms with Gasteiger partial charge in [-0.2, -0.15) is 0 Å². The van der Waals surface area contributed by atoms with Crippen LogP contribution in [0, 0.1) is 0 Å². The van der Waals surface area contributed by atoms with Crippen molar-refractivity contribution in [2.75, 3.05) is 25.1 Å². The monoisotopic (exact) mass is 519 g/mol. The van der Waals surface area contributed by atoms with Crippen LogP contribution in [0.1, 0.15) is 32.3 Å². The predicted molar refractivity (Wildman–Crippen MR) is 143 cm³/mol. The molecule has 9 heteroatoms. The number of anilines is 2. The van der Waals surface area contributed by atoms with E-state index in [1.54, 1.807) is 20.8 Å². The van der Waals surface area contributed by atoms with E-state index in [-0.39, 0.29) is 30.1 Å². The molecule has 0 radical (unpaired) electrons. The molecule has 0 bridgehead atoms. The highest BCUT2D eigenvalue weighted by atomic mass is 32.1. The summed E-state index contributed by atoms with van der Waals surface area (Å²) < 4.78 is 10.7. The molecule has 3 N–H and O–H groups in total. The molecule has 0 spiro atoms. The smallest absolute Gasteiger partial charge is 0.336 e. The van der Waals surface area contributed by atoms with Gasteiger partial charge in [-0.05, 0) is 32.4 Å². The van der Waals surface area contributed by atoms with E-state index < -0.39 is 24.5 Å². The van der Waals surface area contributed by atoms with Crippen LogP contribution in [-0.2, 0) is 19.1 Å². The molecule has 1 aliphatic heterocycles. The maximum atomic E-state index is 13.2. The zero-order chi connectivity index (χ0) is 26.4. The molecule has 192 valence electrons. The van der Waals surface area contributed by atoms with Crippen molar-refractivity contribution in [3.05, 3.63) is 88.1 Å². The number of thiazole rings is 1. The van der Waals surface area contributed by atoms with Crippen LogP contribution in [0.3, 0.4) is 0 Å². The van der Waals surface area contributed by atoms with Gasteiger partial charge in [0.1, 0.15) is 0 Å². The number of benzene rings is 2. The summed E-state index contributed by atoms with van der Waals surface area (Å²) >= 11 is 1.45. The van der Waals surface area contributed by atoms with Crippen molar-refractivity contribution in [2.24, 2.45) is 0 Å². The van der Waals surface area contributed by atoms with Gasteiger partial charge in [-0.3, -0.25) is 0 Å². The summed E-state index contributed by atoms with van der Waals surface area (Å²) in [7, 11) is 0. The summed E-state index contributed by atoms with van der Waals surface area (Å²) in [5, 5.41) is 19.1. The highest BCUT2D eigenvalue weighted by Crippen LogP contribution is 2.43. The van der Waals surface area contributed by atoms with Crippen molar-refractivity contribution >= 4 is 34.1 Å². The van der Waals surface area contributed by atoms with Crippen molar-refractivity contribution in [1.29, 1.82) is 0 Å². The Bertz CT molecular complexity index is 1350. The lowest BCUT2D eigenvalue weighted by Gasteiger charge is -2.32. The second-order valence-corrected chi connectivity index (χ2v) is 9.06. The summed E-state index contributed by atoms with van der Waals surface area (Å²) in [6.07, 6.45) is 0. The molecule has 2 heterocycles. The lowest BCUT2D eigenvalue weighted by atomic mass is 9.79. The summed E-state index contributed by atoms with van der Waals surface area (Å²) in [6.45, 7) is 5.04. The third-order valence-corrected chi connectivity index (χ3v) is 6.64. The molecular weight excluding hydrogens is 490 g/mol. The largest absolute Gasteiger partial charge is 0.463 e. The SMILES string of the molecule is CCOC(=O)C1=C(C)NC(CO)=C(C(=O)OCC)C1c1ccccc1Nc1nc(-c2ccccc2)cs1. The van der Waals surface area contributed by atoms with E-state index in [0.717, 1.165) is 11.3 Å². The Hall–Kier alpha value is -3.95. The van der Waals surface area contributed by atoms with Crippen molar-refractivity contribution in [3.8, 4) is 11.3 Å². The number of rotatable bonds is 9.